The first-order valence-electron chi connectivity index (χ1n) is 10.5. The number of nitrogens with one attached hydrogen (secondary N) is 1. The first kappa shape index (κ1) is 22.7. The molecule has 4 rings (SSSR count). The van der Waals surface area contributed by atoms with E-state index < -0.39 is 27.7 Å². The first-order chi connectivity index (χ1) is 15.8. The summed E-state index contributed by atoms with van der Waals surface area (Å²) >= 11 is 0. The number of carbonyl (C=O) groups is 1. The Kier molecular flexibility index (Phi) is 6.31. The van der Waals surface area contributed by atoms with Gasteiger partial charge in [0.25, 0.3) is 0 Å². The van der Waals surface area contributed by atoms with Crippen LogP contribution in [0.3, 0.4) is 0 Å². The van der Waals surface area contributed by atoms with E-state index in [0.29, 0.717) is 17.2 Å². The van der Waals surface area contributed by atoms with Gasteiger partial charge in [-0.25, -0.2) is 18.0 Å². The molecule has 0 saturated heterocycles. The molecule has 0 unspecified atom stereocenters. The van der Waals surface area contributed by atoms with Gasteiger partial charge in [0.05, 0.1) is 10.3 Å². The van der Waals surface area contributed by atoms with Crippen LogP contribution in [0.2, 0.25) is 0 Å². The largest absolute Gasteiger partial charge is 0.425 e. The number of benzene rings is 3. The maximum absolute atomic E-state index is 12.8. The molecule has 0 fully saturated rings. The fourth-order valence-corrected chi connectivity index (χ4v) is 4.82. The zero-order chi connectivity index (χ0) is 23.6. The smallest absolute Gasteiger partial charge is 0.344 e. The number of sulfonamides is 1. The Bertz CT molecular complexity index is 1490. The topological polar surface area (TPSA) is 103 Å². The van der Waals surface area contributed by atoms with Gasteiger partial charge >= 0.3 is 11.6 Å². The molecule has 0 aliphatic heterocycles. The number of hydrogen-bond acceptors (Lipinski definition) is 6. The average Bonchev–Trinajstić information content (AvgIpc) is 2.79. The number of aryl methyl sites for hydroxylation is 1. The lowest BCUT2D eigenvalue weighted by Crippen LogP contribution is -2.42. The molecule has 0 bridgehead atoms. The van der Waals surface area contributed by atoms with E-state index in [2.05, 4.69) is 4.72 Å². The summed E-state index contributed by atoms with van der Waals surface area (Å²) in [5.74, 6) is -0.586. The number of ether oxygens (including phenoxy) is 1. The van der Waals surface area contributed by atoms with Crippen LogP contribution in [-0.2, 0) is 14.8 Å². The summed E-state index contributed by atoms with van der Waals surface area (Å²) in [6.07, 6.45) is 0.825. The fourth-order valence-electron chi connectivity index (χ4n) is 3.60. The molecule has 1 N–H and O–H groups in total. The van der Waals surface area contributed by atoms with Crippen LogP contribution in [0.25, 0.3) is 21.7 Å². The first-order valence-corrected chi connectivity index (χ1v) is 12.0. The van der Waals surface area contributed by atoms with Crippen LogP contribution in [-0.4, -0.2) is 20.4 Å². The van der Waals surface area contributed by atoms with Crippen LogP contribution < -0.4 is 15.1 Å². The molecule has 0 aliphatic carbocycles. The standard InChI is InChI=1S/C25H23NO6S/c1-3-6-22(26-33(29,30)18-12-9-16(2)10-13-18)25(28)31-17-11-14-20-19-7-4-5-8-21(19)24(27)32-23(20)15-17/h4-5,7-15,22,26H,3,6H2,1-2H3/t22-/m1/s1. The van der Waals surface area contributed by atoms with Gasteiger partial charge in [-0.1, -0.05) is 49.2 Å². The molecule has 7 nitrogen and oxygen atoms in total. The second kappa shape index (κ2) is 9.17. The summed E-state index contributed by atoms with van der Waals surface area (Å²) in [6.45, 7) is 3.70. The predicted molar refractivity (Wildman–Crippen MR) is 126 cm³/mol. The molecule has 0 aliphatic rings. The summed E-state index contributed by atoms with van der Waals surface area (Å²) < 4.78 is 38.8. The number of esters is 1. The Balaban J connectivity index is 1.60. The van der Waals surface area contributed by atoms with Crippen molar-refractivity contribution in [1.29, 1.82) is 0 Å². The molecule has 0 radical (unpaired) electrons. The number of hydrogen-bond donors (Lipinski definition) is 1. The SMILES string of the molecule is CCC[C@@H](NS(=O)(=O)c1ccc(C)cc1)C(=O)Oc1ccc2c(c1)oc(=O)c1ccccc12. The van der Waals surface area contributed by atoms with E-state index in [0.717, 1.165) is 10.9 Å². The minimum Gasteiger partial charge on any atom is -0.425 e. The Labute approximate surface area is 191 Å². The molecule has 170 valence electrons. The summed E-state index contributed by atoms with van der Waals surface area (Å²) in [6, 6.07) is 17.1. The van der Waals surface area contributed by atoms with Gasteiger partial charge in [0.15, 0.2) is 0 Å². The highest BCUT2D eigenvalue weighted by Gasteiger charge is 2.27. The monoisotopic (exact) mass is 465 g/mol. The maximum atomic E-state index is 12.8. The quantitative estimate of drug-likeness (QED) is 0.189. The fraction of sp³-hybridized carbons (Fsp3) is 0.200. The second-order valence-electron chi connectivity index (χ2n) is 7.79. The van der Waals surface area contributed by atoms with Gasteiger partial charge in [-0.2, -0.15) is 4.72 Å². The highest BCUT2D eigenvalue weighted by molar-refractivity contribution is 7.89. The summed E-state index contributed by atoms with van der Waals surface area (Å²) in [5, 5.41) is 1.90. The van der Waals surface area contributed by atoms with E-state index >= 15 is 0 Å². The summed E-state index contributed by atoms with van der Waals surface area (Å²) in [7, 11) is -3.91. The van der Waals surface area contributed by atoms with Crippen LogP contribution >= 0.6 is 0 Å². The summed E-state index contributed by atoms with van der Waals surface area (Å²) in [5.41, 5.74) is 0.710. The third kappa shape index (κ3) is 4.81. The van der Waals surface area contributed by atoms with Gasteiger partial charge in [-0.05, 0) is 49.1 Å². The average molecular weight is 466 g/mol. The van der Waals surface area contributed by atoms with E-state index in [1.807, 2.05) is 26.0 Å². The molecule has 0 spiro atoms. The molecular weight excluding hydrogens is 442 g/mol. The van der Waals surface area contributed by atoms with Crippen LogP contribution in [0.4, 0.5) is 0 Å². The highest BCUT2D eigenvalue weighted by atomic mass is 32.2. The summed E-state index contributed by atoms with van der Waals surface area (Å²) in [4.78, 5) is 25.2. The van der Waals surface area contributed by atoms with Gasteiger partial charge in [-0.3, -0.25) is 0 Å². The van der Waals surface area contributed by atoms with Crippen LogP contribution in [0, 0.1) is 6.92 Å². The lowest BCUT2D eigenvalue weighted by atomic mass is 10.1. The predicted octanol–water partition coefficient (Wildman–Crippen LogP) is 4.31. The Hall–Kier alpha value is -3.49. The lowest BCUT2D eigenvalue weighted by Gasteiger charge is -2.17. The van der Waals surface area contributed by atoms with Crippen molar-refractivity contribution in [3.8, 4) is 5.75 Å². The van der Waals surface area contributed by atoms with Gasteiger partial charge < -0.3 is 9.15 Å². The van der Waals surface area contributed by atoms with Gasteiger partial charge in [0, 0.05) is 11.5 Å². The minimum absolute atomic E-state index is 0.0707. The third-order valence-electron chi connectivity index (χ3n) is 5.30. The van der Waals surface area contributed by atoms with Crippen LogP contribution in [0.5, 0.6) is 5.75 Å². The van der Waals surface area contributed by atoms with Gasteiger partial charge in [0.2, 0.25) is 10.0 Å². The van der Waals surface area contributed by atoms with Crippen molar-refractivity contribution in [2.24, 2.45) is 0 Å². The van der Waals surface area contributed by atoms with Crippen LogP contribution in [0.15, 0.2) is 80.8 Å². The molecule has 33 heavy (non-hydrogen) atoms. The maximum Gasteiger partial charge on any atom is 0.344 e. The Morgan fingerprint density at radius 3 is 2.39 bits per heavy atom. The van der Waals surface area contributed by atoms with E-state index in [4.69, 9.17) is 9.15 Å². The molecule has 1 aromatic heterocycles. The van der Waals surface area contributed by atoms with Crippen molar-refractivity contribution in [3.63, 3.8) is 0 Å². The molecule has 3 aromatic carbocycles. The zero-order valence-electron chi connectivity index (χ0n) is 18.2. The van der Waals surface area contributed by atoms with Gasteiger partial charge in [-0.15, -0.1) is 0 Å². The van der Waals surface area contributed by atoms with Crippen molar-refractivity contribution in [1.82, 2.24) is 4.72 Å². The van der Waals surface area contributed by atoms with Crippen LogP contribution in [0.1, 0.15) is 25.3 Å². The molecule has 0 amide bonds. The second-order valence-corrected chi connectivity index (χ2v) is 9.50. The molecule has 8 heteroatoms. The van der Waals surface area contributed by atoms with Crippen molar-refractivity contribution < 1.29 is 22.4 Å². The highest BCUT2D eigenvalue weighted by Crippen LogP contribution is 2.26. The molecule has 0 saturated carbocycles. The van der Waals surface area contributed by atoms with Crippen molar-refractivity contribution in [2.45, 2.75) is 37.6 Å². The molecule has 4 aromatic rings. The van der Waals surface area contributed by atoms with E-state index in [9.17, 15) is 18.0 Å². The van der Waals surface area contributed by atoms with Gasteiger partial charge in [0.1, 0.15) is 17.4 Å². The van der Waals surface area contributed by atoms with Crippen molar-refractivity contribution in [2.75, 3.05) is 0 Å². The van der Waals surface area contributed by atoms with Crippen molar-refractivity contribution in [3.05, 3.63) is 82.7 Å². The molecule has 1 atom stereocenters. The van der Waals surface area contributed by atoms with E-state index in [-0.39, 0.29) is 22.6 Å². The number of rotatable bonds is 7. The third-order valence-corrected chi connectivity index (χ3v) is 6.79. The Morgan fingerprint density at radius 2 is 1.70 bits per heavy atom. The van der Waals surface area contributed by atoms with E-state index in [1.165, 1.54) is 18.2 Å². The zero-order valence-corrected chi connectivity index (χ0v) is 19.0. The Morgan fingerprint density at radius 1 is 1.00 bits per heavy atom. The number of carbonyl (C=O) groups excluding carboxylic acids is 1. The lowest BCUT2D eigenvalue weighted by molar-refractivity contribution is -0.136. The minimum atomic E-state index is -3.91. The molecular formula is C25H23NO6S. The van der Waals surface area contributed by atoms with Crippen molar-refractivity contribution >= 4 is 37.7 Å². The normalized spacial score (nSPS) is 12.7. The molecule has 1 heterocycles. The number of fused-ring (bicyclic) bond motifs is 3. The van der Waals surface area contributed by atoms with E-state index in [1.54, 1.807) is 36.4 Å².